The predicted octanol–water partition coefficient (Wildman–Crippen LogP) is 5.14. The highest BCUT2D eigenvalue weighted by Crippen LogP contribution is 2.33. The highest BCUT2D eigenvalue weighted by Gasteiger charge is 2.26. The summed E-state index contributed by atoms with van der Waals surface area (Å²) in [6.07, 6.45) is -4.18. The summed E-state index contributed by atoms with van der Waals surface area (Å²) in [6, 6.07) is 7.79. The zero-order chi connectivity index (χ0) is 14.8. The summed E-state index contributed by atoms with van der Waals surface area (Å²) < 4.78 is 37.5. The Labute approximate surface area is 128 Å². The molecule has 0 bridgehead atoms. The van der Waals surface area contributed by atoms with Crippen LogP contribution in [-0.4, -0.2) is 12.7 Å². The molecule has 2 rings (SSSR count). The molecule has 0 aliphatic heterocycles. The van der Waals surface area contributed by atoms with Crippen LogP contribution in [0.3, 0.4) is 0 Å². The smallest absolute Gasteiger partial charge is 0.305 e. The summed E-state index contributed by atoms with van der Waals surface area (Å²) >= 11 is 4.93. The lowest BCUT2D eigenvalue weighted by atomic mass is 10.0. The van der Waals surface area contributed by atoms with E-state index in [1.165, 1.54) is 0 Å². The molecule has 0 spiro atoms. The second-order valence-electron chi connectivity index (χ2n) is 4.42. The summed E-state index contributed by atoms with van der Waals surface area (Å²) in [5, 5.41) is 4.36. The highest BCUT2D eigenvalue weighted by atomic mass is 79.9. The molecule has 0 aliphatic carbocycles. The Morgan fingerprint density at radius 2 is 1.85 bits per heavy atom. The monoisotopic (exact) mass is 363 g/mol. The van der Waals surface area contributed by atoms with Gasteiger partial charge in [0.05, 0.1) is 6.54 Å². The van der Waals surface area contributed by atoms with Gasteiger partial charge in [0.2, 0.25) is 0 Å². The molecule has 0 amide bonds. The molecule has 1 N–H and O–H groups in total. The van der Waals surface area contributed by atoms with Gasteiger partial charge in [-0.15, -0.1) is 11.3 Å². The van der Waals surface area contributed by atoms with Crippen LogP contribution in [0, 0.1) is 6.92 Å². The average molecular weight is 364 g/mol. The van der Waals surface area contributed by atoms with Crippen LogP contribution in [0.2, 0.25) is 0 Å². The maximum Gasteiger partial charge on any atom is 0.401 e. The van der Waals surface area contributed by atoms with Crippen molar-refractivity contribution in [2.45, 2.75) is 19.6 Å². The lowest BCUT2D eigenvalue weighted by molar-refractivity contribution is -0.125. The van der Waals surface area contributed by atoms with Gasteiger partial charge in [0.15, 0.2) is 0 Å². The molecule has 1 heterocycles. The van der Waals surface area contributed by atoms with E-state index in [2.05, 4.69) is 21.2 Å². The minimum absolute atomic E-state index is 0.218. The molecule has 2 aromatic rings. The third kappa shape index (κ3) is 4.07. The van der Waals surface area contributed by atoms with E-state index in [4.69, 9.17) is 0 Å². The van der Waals surface area contributed by atoms with E-state index >= 15 is 0 Å². The maximum atomic E-state index is 12.2. The van der Waals surface area contributed by atoms with Crippen molar-refractivity contribution >= 4 is 27.3 Å². The van der Waals surface area contributed by atoms with E-state index in [1.807, 2.05) is 36.6 Å². The van der Waals surface area contributed by atoms with E-state index in [1.54, 1.807) is 11.3 Å². The molecule has 0 fully saturated rings. The van der Waals surface area contributed by atoms with Crippen molar-refractivity contribution < 1.29 is 13.2 Å². The van der Waals surface area contributed by atoms with Crippen LogP contribution in [0.5, 0.6) is 0 Å². The van der Waals surface area contributed by atoms with Crippen molar-refractivity contribution in [3.63, 3.8) is 0 Å². The first kappa shape index (κ1) is 15.5. The molecule has 0 unspecified atom stereocenters. The quantitative estimate of drug-likeness (QED) is 0.792. The highest BCUT2D eigenvalue weighted by molar-refractivity contribution is 9.10. The summed E-state index contributed by atoms with van der Waals surface area (Å²) in [6.45, 7) is 1.23. The second kappa shape index (κ2) is 6.28. The fourth-order valence-corrected chi connectivity index (χ4v) is 3.13. The van der Waals surface area contributed by atoms with Gasteiger partial charge in [-0.1, -0.05) is 28.1 Å². The fourth-order valence-electron chi connectivity index (χ4n) is 1.98. The Bertz CT molecular complexity index is 575. The number of rotatable bonds is 4. The van der Waals surface area contributed by atoms with Crippen LogP contribution in [0.1, 0.15) is 10.4 Å². The van der Waals surface area contributed by atoms with Crippen molar-refractivity contribution in [1.29, 1.82) is 0 Å². The lowest BCUT2D eigenvalue weighted by Gasteiger charge is -2.10. The Balaban J connectivity index is 2.17. The van der Waals surface area contributed by atoms with Crippen molar-refractivity contribution in [2.75, 3.05) is 6.54 Å². The maximum absolute atomic E-state index is 12.2. The van der Waals surface area contributed by atoms with Gasteiger partial charge in [0.25, 0.3) is 0 Å². The van der Waals surface area contributed by atoms with Crippen LogP contribution in [0.15, 0.2) is 34.1 Å². The van der Waals surface area contributed by atoms with E-state index in [0.29, 0.717) is 0 Å². The number of nitrogens with one attached hydrogen (secondary N) is 1. The number of aryl methyl sites for hydroxylation is 1. The van der Waals surface area contributed by atoms with E-state index in [-0.39, 0.29) is 6.54 Å². The van der Waals surface area contributed by atoms with E-state index in [9.17, 15) is 13.2 Å². The van der Waals surface area contributed by atoms with Crippen LogP contribution < -0.4 is 5.32 Å². The summed E-state index contributed by atoms with van der Waals surface area (Å²) in [7, 11) is 0. The topological polar surface area (TPSA) is 12.0 Å². The molecule has 0 saturated heterocycles. The Hall–Kier alpha value is -0.850. The Morgan fingerprint density at radius 3 is 2.45 bits per heavy atom. The third-order valence-corrected chi connectivity index (χ3v) is 4.31. The number of halogens is 4. The van der Waals surface area contributed by atoms with Gasteiger partial charge < -0.3 is 5.32 Å². The van der Waals surface area contributed by atoms with Crippen molar-refractivity contribution in [3.8, 4) is 11.1 Å². The first-order chi connectivity index (χ1) is 9.37. The van der Waals surface area contributed by atoms with Gasteiger partial charge in [0.1, 0.15) is 0 Å². The number of thiophene rings is 1. The lowest BCUT2D eigenvalue weighted by Crippen LogP contribution is -2.28. The molecule has 1 aromatic heterocycles. The van der Waals surface area contributed by atoms with Crippen LogP contribution in [-0.2, 0) is 6.54 Å². The second-order valence-corrected chi connectivity index (χ2v) is 6.42. The zero-order valence-corrected chi connectivity index (χ0v) is 13.1. The molecule has 0 saturated carbocycles. The molecule has 1 nitrogen and oxygen atoms in total. The van der Waals surface area contributed by atoms with E-state index in [0.717, 1.165) is 26.0 Å². The SMILES string of the molecule is Cc1scc(CNCC(F)(F)F)c1-c1ccc(Br)cc1. The van der Waals surface area contributed by atoms with Gasteiger partial charge in [-0.05, 0) is 41.1 Å². The van der Waals surface area contributed by atoms with Gasteiger partial charge in [-0.2, -0.15) is 13.2 Å². The fraction of sp³-hybridized carbons (Fsp3) is 0.286. The normalized spacial score (nSPS) is 11.8. The van der Waals surface area contributed by atoms with E-state index < -0.39 is 12.7 Å². The molecule has 108 valence electrons. The number of benzene rings is 1. The van der Waals surface area contributed by atoms with Crippen molar-refractivity contribution in [2.24, 2.45) is 0 Å². The van der Waals surface area contributed by atoms with Crippen LogP contribution >= 0.6 is 27.3 Å². The first-order valence-corrected chi connectivity index (χ1v) is 7.64. The van der Waals surface area contributed by atoms with Gasteiger partial charge in [-0.3, -0.25) is 0 Å². The molecular weight excluding hydrogens is 351 g/mol. The van der Waals surface area contributed by atoms with Gasteiger partial charge in [0, 0.05) is 15.9 Å². The molecule has 0 radical (unpaired) electrons. The predicted molar refractivity (Wildman–Crippen MR) is 80.0 cm³/mol. The number of alkyl halides is 3. The molecule has 0 aliphatic rings. The summed E-state index contributed by atoms with van der Waals surface area (Å²) in [5.41, 5.74) is 2.95. The minimum Gasteiger partial charge on any atom is -0.305 e. The summed E-state index contributed by atoms with van der Waals surface area (Å²) in [5.74, 6) is 0. The first-order valence-electron chi connectivity index (χ1n) is 5.97. The number of hydrogen-bond donors (Lipinski definition) is 1. The minimum atomic E-state index is -4.18. The summed E-state index contributed by atoms with van der Waals surface area (Å²) in [4.78, 5) is 1.11. The van der Waals surface area contributed by atoms with Crippen molar-refractivity contribution in [1.82, 2.24) is 5.32 Å². The van der Waals surface area contributed by atoms with Crippen molar-refractivity contribution in [3.05, 3.63) is 44.6 Å². The van der Waals surface area contributed by atoms with Gasteiger partial charge >= 0.3 is 6.18 Å². The molecule has 20 heavy (non-hydrogen) atoms. The average Bonchev–Trinajstić information content (AvgIpc) is 2.70. The van der Waals surface area contributed by atoms with Crippen LogP contribution in [0.4, 0.5) is 13.2 Å². The number of hydrogen-bond acceptors (Lipinski definition) is 2. The molecule has 6 heteroatoms. The molecule has 0 atom stereocenters. The van der Waals surface area contributed by atoms with Crippen LogP contribution in [0.25, 0.3) is 11.1 Å². The zero-order valence-electron chi connectivity index (χ0n) is 10.7. The molecular formula is C14H13BrF3NS. The third-order valence-electron chi connectivity index (χ3n) is 2.82. The van der Waals surface area contributed by atoms with Gasteiger partial charge in [-0.25, -0.2) is 0 Å². The Kier molecular flexibility index (Phi) is 4.88. The largest absolute Gasteiger partial charge is 0.401 e. The Morgan fingerprint density at radius 1 is 1.20 bits per heavy atom. The molecule has 1 aromatic carbocycles. The standard InChI is InChI=1S/C14H13BrF3NS/c1-9-13(10-2-4-12(15)5-3-10)11(7-20-9)6-19-8-14(16,17)18/h2-5,7,19H,6,8H2,1H3.